The monoisotopic (exact) mass is 590 g/mol. The molecule has 2 fully saturated rings. The van der Waals surface area contributed by atoms with E-state index >= 15 is 0 Å². The van der Waals surface area contributed by atoms with Crippen LogP contribution in [0.15, 0.2) is 95.8 Å². The summed E-state index contributed by atoms with van der Waals surface area (Å²) in [6.45, 7) is 8.22. The van der Waals surface area contributed by atoms with Gasteiger partial charge >= 0.3 is 0 Å². The smallest absolute Gasteiger partial charge is 0.262 e. The van der Waals surface area contributed by atoms with Gasteiger partial charge in [-0.1, -0.05) is 73.8 Å². The molecule has 2 aliphatic heterocycles. The van der Waals surface area contributed by atoms with Crippen LogP contribution in [0.5, 0.6) is 0 Å². The van der Waals surface area contributed by atoms with Gasteiger partial charge in [0.05, 0.1) is 5.41 Å². The lowest BCUT2D eigenvalue weighted by molar-refractivity contribution is -0.123. The number of amides is 2. The molecule has 0 aromatic heterocycles. The molecule has 0 unspecified atom stereocenters. The van der Waals surface area contributed by atoms with Gasteiger partial charge in [-0.3, -0.25) is 9.59 Å². The normalized spacial score (nSPS) is 16.3. The van der Waals surface area contributed by atoms with Crippen LogP contribution in [0.2, 0.25) is 0 Å². The van der Waals surface area contributed by atoms with Crippen molar-refractivity contribution < 1.29 is 26.4 Å². The largest absolute Gasteiger partial charge is 0.352 e. The standard InChI is InChI=1S/C14H15NO3S.C8H7ClO2S.C6H9NO/c1-12-6-5-10-15(14(12)16)19(17,18)11-9-13-7-3-2-4-8-13;9-12(10,11)7-6-8-4-2-1-3-5-8;1-5-3-2-4-7-6(5)8/h2-4,7-9,11H,1,5-6,10H2;1-7H;1-4H2,(H,7,8)/b11-9+;7-6+;. The summed E-state index contributed by atoms with van der Waals surface area (Å²) < 4.78 is 46.0. The average molecular weight is 591 g/mol. The van der Waals surface area contributed by atoms with Gasteiger partial charge in [0.1, 0.15) is 0 Å². The first kappa shape index (κ1) is 31.7. The molecule has 208 valence electrons. The molecule has 0 atom stereocenters. The first-order valence-corrected chi connectivity index (χ1v) is 15.9. The Balaban J connectivity index is 0.000000227. The number of rotatable bonds is 5. The molecule has 1 N–H and O–H groups in total. The highest BCUT2D eigenvalue weighted by molar-refractivity contribution is 8.16. The Morgan fingerprint density at radius 3 is 1.74 bits per heavy atom. The number of nitrogens with zero attached hydrogens (tertiary/aromatic N) is 1. The number of carbonyl (C=O) groups is 2. The second kappa shape index (κ2) is 15.2. The second-order valence-corrected chi connectivity index (χ2v) is 12.8. The lowest BCUT2D eigenvalue weighted by Gasteiger charge is -2.25. The van der Waals surface area contributed by atoms with Crippen molar-refractivity contribution in [1.29, 1.82) is 0 Å². The van der Waals surface area contributed by atoms with E-state index in [0.717, 1.165) is 51.2 Å². The van der Waals surface area contributed by atoms with Crippen LogP contribution in [0.4, 0.5) is 0 Å². The maximum Gasteiger partial charge on any atom is 0.262 e. The summed E-state index contributed by atoms with van der Waals surface area (Å²) in [7, 11) is -2.28. The van der Waals surface area contributed by atoms with Crippen LogP contribution >= 0.6 is 10.7 Å². The lowest BCUT2D eigenvalue weighted by Crippen LogP contribution is -2.40. The molecule has 0 aliphatic carbocycles. The first-order chi connectivity index (χ1) is 18.4. The molecule has 0 spiro atoms. The van der Waals surface area contributed by atoms with Crippen LogP contribution in [0.1, 0.15) is 36.8 Å². The predicted molar refractivity (Wildman–Crippen MR) is 156 cm³/mol. The maximum atomic E-state index is 12.1. The van der Waals surface area contributed by atoms with Crippen LogP contribution in [0, 0.1) is 0 Å². The fourth-order valence-corrected chi connectivity index (χ4v) is 5.03. The minimum Gasteiger partial charge on any atom is -0.352 e. The molecule has 2 heterocycles. The van der Waals surface area contributed by atoms with E-state index in [1.165, 1.54) is 12.2 Å². The van der Waals surface area contributed by atoms with Crippen LogP contribution < -0.4 is 5.32 Å². The summed E-state index contributed by atoms with van der Waals surface area (Å²) in [6, 6.07) is 18.2. The molecule has 2 saturated heterocycles. The number of benzene rings is 2. The molecular formula is C28H31ClN2O6S2. The summed E-state index contributed by atoms with van der Waals surface area (Å²) in [5, 5.41) is 4.72. The van der Waals surface area contributed by atoms with Gasteiger partial charge in [-0.05, 0) is 49.0 Å². The molecule has 2 aliphatic rings. The summed E-state index contributed by atoms with van der Waals surface area (Å²) in [5.74, 6) is -0.472. The number of piperidine rings is 2. The van der Waals surface area contributed by atoms with Crippen LogP contribution in [0.25, 0.3) is 12.2 Å². The zero-order chi connectivity index (χ0) is 28.9. The first-order valence-electron chi connectivity index (χ1n) is 12.0. The van der Waals surface area contributed by atoms with E-state index in [4.69, 9.17) is 10.7 Å². The highest BCUT2D eigenvalue weighted by Gasteiger charge is 2.29. The number of hydrogen-bond donors (Lipinski definition) is 1. The zero-order valence-corrected chi connectivity index (χ0v) is 23.7. The Kier molecular flexibility index (Phi) is 12.4. The van der Waals surface area contributed by atoms with Gasteiger partial charge in [0.2, 0.25) is 5.91 Å². The van der Waals surface area contributed by atoms with Crippen molar-refractivity contribution in [2.24, 2.45) is 0 Å². The second-order valence-electron chi connectivity index (χ2n) is 8.49. The molecule has 0 saturated carbocycles. The number of hydrogen-bond acceptors (Lipinski definition) is 6. The highest BCUT2D eigenvalue weighted by atomic mass is 35.7. The zero-order valence-electron chi connectivity index (χ0n) is 21.3. The van der Waals surface area contributed by atoms with Crippen molar-refractivity contribution in [3.8, 4) is 0 Å². The molecule has 8 nitrogen and oxygen atoms in total. The van der Waals surface area contributed by atoms with Gasteiger partial charge in [0.15, 0.2) is 0 Å². The molecule has 0 bridgehead atoms. The van der Waals surface area contributed by atoms with Crippen molar-refractivity contribution in [2.75, 3.05) is 13.1 Å². The summed E-state index contributed by atoms with van der Waals surface area (Å²) in [6.07, 6.45) is 6.04. The van der Waals surface area contributed by atoms with E-state index in [0.29, 0.717) is 18.4 Å². The number of nitrogens with one attached hydrogen (secondary N) is 1. The SMILES string of the molecule is C=C1CCCN(S(=O)(=O)/C=C/c2ccccc2)C1=O.C=C1CCCNC1=O.O=S(=O)(Cl)/C=C/c1ccccc1. The maximum absolute atomic E-state index is 12.1. The van der Waals surface area contributed by atoms with E-state index in [2.05, 4.69) is 18.5 Å². The average Bonchev–Trinajstić information content (AvgIpc) is 2.91. The Bertz CT molecular complexity index is 1420. The topological polar surface area (TPSA) is 118 Å². The Labute approximate surface area is 234 Å². The van der Waals surface area contributed by atoms with Crippen molar-refractivity contribution in [3.63, 3.8) is 0 Å². The van der Waals surface area contributed by atoms with E-state index in [9.17, 15) is 26.4 Å². The highest BCUT2D eigenvalue weighted by Crippen LogP contribution is 2.20. The van der Waals surface area contributed by atoms with Crippen molar-refractivity contribution in [1.82, 2.24) is 9.62 Å². The Morgan fingerprint density at radius 2 is 1.28 bits per heavy atom. The lowest BCUT2D eigenvalue weighted by atomic mass is 10.1. The van der Waals surface area contributed by atoms with Crippen LogP contribution in [-0.2, 0) is 28.7 Å². The molecule has 2 amide bonds. The predicted octanol–water partition coefficient (Wildman–Crippen LogP) is 4.84. The number of carbonyl (C=O) groups excluding carboxylic acids is 2. The molecule has 2 aromatic carbocycles. The quantitative estimate of drug-likeness (QED) is 0.393. The van der Waals surface area contributed by atoms with Gasteiger partial charge < -0.3 is 5.32 Å². The summed E-state index contributed by atoms with van der Waals surface area (Å²) in [5.41, 5.74) is 2.65. The van der Waals surface area contributed by atoms with E-state index in [1.54, 1.807) is 24.3 Å². The Hall–Kier alpha value is -3.47. The fraction of sp³-hybridized carbons (Fsp3) is 0.214. The van der Waals surface area contributed by atoms with Crippen molar-refractivity contribution in [3.05, 3.63) is 107 Å². The van der Waals surface area contributed by atoms with Gasteiger partial charge in [0.25, 0.3) is 25.0 Å². The molecule has 11 heteroatoms. The van der Waals surface area contributed by atoms with Gasteiger partial charge in [-0.25, -0.2) is 21.1 Å². The Morgan fingerprint density at radius 1 is 0.769 bits per heavy atom. The van der Waals surface area contributed by atoms with Gasteiger partial charge in [0, 0.05) is 40.3 Å². The van der Waals surface area contributed by atoms with Crippen molar-refractivity contribution >= 4 is 53.7 Å². The van der Waals surface area contributed by atoms with Gasteiger partial charge in [-0.15, -0.1) is 0 Å². The minimum absolute atomic E-state index is 0.0243. The van der Waals surface area contributed by atoms with E-state index < -0.39 is 25.0 Å². The summed E-state index contributed by atoms with van der Waals surface area (Å²) >= 11 is 0. The third-order valence-electron chi connectivity index (χ3n) is 5.39. The molecule has 0 radical (unpaired) electrons. The molecule has 4 rings (SSSR count). The van der Waals surface area contributed by atoms with E-state index in [-0.39, 0.29) is 12.5 Å². The third-order valence-corrected chi connectivity index (χ3v) is 7.61. The van der Waals surface area contributed by atoms with Crippen LogP contribution in [-0.4, -0.2) is 46.0 Å². The fourth-order valence-electron chi connectivity index (χ4n) is 3.33. The van der Waals surface area contributed by atoms with Crippen LogP contribution in [0.3, 0.4) is 0 Å². The number of halogens is 1. The molecular weight excluding hydrogens is 560 g/mol. The minimum atomic E-state index is -3.72. The van der Waals surface area contributed by atoms with Crippen molar-refractivity contribution in [2.45, 2.75) is 25.7 Å². The van der Waals surface area contributed by atoms with Gasteiger partial charge in [-0.2, -0.15) is 0 Å². The number of sulfonamides is 1. The van der Waals surface area contributed by atoms with E-state index in [1.807, 2.05) is 36.4 Å². The molecule has 39 heavy (non-hydrogen) atoms. The summed E-state index contributed by atoms with van der Waals surface area (Å²) in [4.78, 5) is 22.4. The third kappa shape index (κ3) is 11.8. The molecule has 2 aromatic rings.